The zero-order valence-corrected chi connectivity index (χ0v) is 11.5. The van der Waals surface area contributed by atoms with Crippen molar-refractivity contribution in [2.24, 2.45) is 17.4 Å². The molecular formula is C15H23N3O. The lowest BCUT2D eigenvalue weighted by Crippen LogP contribution is -2.35. The third kappa shape index (κ3) is 3.26. The number of rotatable bonds is 5. The Morgan fingerprint density at radius 1 is 1.42 bits per heavy atom. The van der Waals surface area contributed by atoms with Crippen molar-refractivity contribution in [3.63, 3.8) is 0 Å². The molecule has 1 amide bonds. The number of nitrogens with one attached hydrogen (secondary N) is 1. The van der Waals surface area contributed by atoms with E-state index in [1.165, 1.54) is 25.7 Å². The normalized spacial score (nSPS) is 17.4. The summed E-state index contributed by atoms with van der Waals surface area (Å²) in [5.74, 6) is 0.288. The minimum atomic E-state index is -0.379. The Morgan fingerprint density at radius 3 is 2.63 bits per heavy atom. The van der Waals surface area contributed by atoms with Crippen molar-refractivity contribution in [1.29, 1.82) is 0 Å². The van der Waals surface area contributed by atoms with Crippen LogP contribution in [-0.2, 0) is 0 Å². The lowest BCUT2D eigenvalue weighted by Gasteiger charge is -2.24. The van der Waals surface area contributed by atoms with Crippen LogP contribution in [0.4, 0.5) is 5.69 Å². The molecule has 1 saturated carbocycles. The van der Waals surface area contributed by atoms with E-state index in [9.17, 15) is 4.79 Å². The van der Waals surface area contributed by atoms with E-state index in [-0.39, 0.29) is 5.91 Å². The van der Waals surface area contributed by atoms with Crippen molar-refractivity contribution in [2.45, 2.75) is 38.6 Å². The van der Waals surface area contributed by atoms with E-state index in [0.717, 1.165) is 11.3 Å². The van der Waals surface area contributed by atoms with Gasteiger partial charge >= 0.3 is 0 Å². The molecule has 0 heterocycles. The van der Waals surface area contributed by atoms with Gasteiger partial charge in [0.1, 0.15) is 0 Å². The van der Waals surface area contributed by atoms with E-state index in [0.29, 0.717) is 24.1 Å². The van der Waals surface area contributed by atoms with Crippen LogP contribution >= 0.6 is 0 Å². The SMILES string of the molecule is Cc1cc(NC(CN)C2CCCC2)ccc1C(N)=O. The summed E-state index contributed by atoms with van der Waals surface area (Å²) >= 11 is 0. The summed E-state index contributed by atoms with van der Waals surface area (Å²) in [6.45, 7) is 2.54. The van der Waals surface area contributed by atoms with Gasteiger partial charge in [0.2, 0.25) is 5.91 Å². The summed E-state index contributed by atoms with van der Waals surface area (Å²) < 4.78 is 0. The maximum absolute atomic E-state index is 11.2. The van der Waals surface area contributed by atoms with Crippen molar-refractivity contribution >= 4 is 11.6 Å². The molecule has 1 aliphatic rings. The molecule has 1 aliphatic carbocycles. The van der Waals surface area contributed by atoms with E-state index >= 15 is 0 Å². The molecule has 0 aliphatic heterocycles. The fourth-order valence-electron chi connectivity index (χ4n) is 2.97. The second kappa shape index (κ2) is 6.06. The molecule has 1 fully saturated rings. The second-order valence-electron chi connectivity index (χ2n) is 5.43. The largest absolute Gasteiger partial charge is 0.381 e. The van der Waals surface area contributed by atoms with Gasteiger partial charge in [-0.1, -0.05) is 12.8 Å². The molecule has 0 spiro atoms. The highest BCUT2D eigenvalue weighted by Crippen LogP contribution is 2.29. The molecule has 0 bridgehead atoms. The zero-order chi connectivity index (χ0) is 13.8. The lowest BCUT2D eigenvalue weighted by atomic mass is 9.97. The van der Waals surface area contributed by atoms with Crippen LogP contribution in [0.3, 0.4) is 0 Å². The fourth-order valence-corrected chi connectivity index (χ4v) is 2.97. The van der Waals surface area contributed by atoms with Crippen molar-refractivity contribution in [3.8, 4) is 0 Å². The Kier molecular flexibility index (Phi) is 4.43. The average Bonchev–Trinajstić information content (AvgIpc) is 2.89. The molecule has 0 radical (unpaired) electrons. The van der Waals surface area contributed by atoms with E-state index in [1.807, 2.05) is 19.1 Å². The Bertz CT molecular complexity index is 453. The molecule has 104 valence electrons. The van der Waals surface area contributed by atoms with Crippen molar-refractivity contribution in [3.05, 3.63) is 29.3 Å². The molecule has 1 aromatic carbocycles. The topological polar surface area (TPSA) is 81.1 Å². The molecule has 4 nitrogen and oxygen atoms in total. The van der Waals surface area contributed by atoms with E-state index in [1.54, 1.807) is 6.07 Å². The highest BCUT2D eigenvalue weighted by molar-refractivity contribution is 5.94. The number of nitrogens with two attached hydrogens (primary N) is 2. The van der Waals surface area contributed by atoms with E-state index in [2.05, 4.69) is 5.32 Å². The molecule has 0 aromatic heterocycles. The van der Waals surface area contributed by atoms with Crippen LogP contribution in [0.5, 0.6) is 0 Å². The lowest BCUT2D eigenvalue weighted by molar-refractivity contribution is 0.1000. The Morgan fingerprint density at radius 2 is 2.11 bits per heavy atom. The first kappa shape index (κ1) is 13.9. The van der Waals surface area contributed by atoms with Crippen molar-refractivity contribution < 1.29 is 4.79 Å². The number of hydrogen-bond donors (Lipinski definition) is 3. The molecule has 1 unspecified atom stereocenters. The van der Waals surface area contributed by atoms with Crippen LogP contribution < -0.4 is 16.8 Å². The van der Waals surface area contributed by atoms with Gasteiger partial charge in [0.15, 0.2) is 0 Å². The molecule has 2 rings (SSSR count). The second-order valence-corrected chi connectivity index (χ2v) is 5.43. The number of carbonyl (C=O) groups is 1. The smallest absolute Gasteiger partial charge is 0.248 e. The Labute approximate surface area is 114 Å². The Hall–Kier alpha value is -1.55. The maximum atomic E-state index is 11.2. The van der Waals surface area contributed by atoms with Crippen LogP contribution in [0.2, 0.25) is 0 Å². The summed E-state index contributed by atoms with van der Waals surface area (Å²) in [6.07, 6.45) is 5.13. The number of carbonyl (C=O) groups excluding carboxylic acids is 1. The summed E-state index contributed by atoms with van der Waals surface area (Å²) in [7, 11) is 0. The minimum Gasteiger partial charge on any atom is -0.381 e. The quantitative estimate of drug-likeness (QED) is 0.758. The highest BCUT2D eigenvalue weighted by Gasteiger charge is 2.23. The standard InChI is InChI=1S/C15H23N3O/c1-10-8-12(6-7-13(10)15(17)19)18-14(9-16)11-4-2-3-5-11/h6-8,11,14,18H,2-5,9,16H2,1H3,(H2,17,19). The summed E-state index contributed by atoms with van der Waals surface area (Å²) in [4.78, 5) is 11.2. The van der Waals surface area contributed by atoms with Crippen LogP contribution in [-0.4, -0.2) is 18.5 Å². The molecular weight excluding hydrogens is 238 g/mol. The number of aryl methyl sites for hydroxylation is 1. The maximum Gasteiger partial charge on any atom is 0.248 e. The van der Waals surface area contributed by atoms with E-state index in [4.69, 9.17) is 11.5 Å². The van der Waals surface area contributed by atoms with E-state index < -0.39 is 0 Å². The molecule has 5 N–H and O–H groups in total. The molecule has 1 atom stereocenters. The number of anilines is 1. The molecule has 19 heavy (non-hydrogen) atoms. The summed E-state index contributed by atoms with van der Waals surface area (Å²) in [5, 5.41) is 3.50. The van der Waals surface area contributed by atoms with Gasteiger partial charge in [-0.05, 0) is 49.4 Å². The summed E-state index contributed by atoms with van der Waals surface area (Å²) in [5.41, 5.74) is 13.7. The number of hydrogen-bond acceptors (Lipinski definition) is 3. The molecule has 1 aromatic rings. The predicted molar refractivity (Wildman–Crippen MR) is 78.1 cm³/mol. The predicted octanol–water partition coefficient (Wildman–Crippen LogP) is 2.02. The highest BCUT2D eigenvalue weighted by atomic mass is 16.1. The van der Waals surface area contributed by atoms with Gasteiger partial charge in [-0.15, -0.1) is 0 Å². The Balaban J connectivity index is 2.09. The van der Waals surface area contributed by atoms with Gasteiger partial charge in [0.25, 0.3) is 0 Å². The third-order valence-electron chi connectivity index (χ3n) is 4.07. The first-order valence-corrected chi connectivity index (χ1v) is 6.99. The zero-order valence-electron chi connectivity index (χ0n) is 11.5. The van der Waals surface area contributed by atoms with Gasteiger partial charge in [0.05, 0.1) is 0 Å². The molecule has 4 heteroatoms. The molecule has 0 saturated heterocycles. The minimum absolute atomic E-state index is 0.321. The van der Waals surface area contributed by atoms with Gasteiger partial charge in [-0.2, -0.15) is 0 Å². The van der Waals surface area contributed by atoms with Crippen LogP contribution in [0.25, 0.3) is 0 Å². The number of benzene rings is 1. The number of primary amides is 1. The summed E-state index contributed by atoms with van der Waals surface area (Å²) in [6, 6.07) is 5.98. The van der Waals surface area contributed by atoms with Crippen LogP contribution in [0.15, 0.2) is 18.2 Å². The van der Waals surface area contributed by atoms with Crippen LogP contribution in [0, 0.1) is 12.8 Å². The van der Waals surface area contributed by atoms with Crippen LogP contribution in [0.1, 0.15) is 41.6 Å². The first-order chi connectivity index (χ1) is 9.11. The van der Waals surface area contributed by atoms with Crippen molar-refractivity contribution in [2.75, 3.05) is 11.9 Å². The fraction of sp³-hybridized carbons (Fsp3) is 0.533. The van der Waals surface area contributed by atoms with Gasteiger partial charge in [0, 0.05) is 23.8 Å². The van der Waals surface area contributed by atoms with Gasteiger partial charge in [-0.3, -0.25) is 4.79 Å². The van der Waals surface area contributed by atoms with Gasteiger partial charge < -0.3 is 16.8 Å². The monoisotopic (exact) mass is 261 g/mol. The van der Waals surface area contributed by atoms with Gasteiger partial charge in [-0.25, -0.2) is 0 Å². The third-order valence-corrected chi connectivity index (χ3v) is 4.07. The average molecular weight is 261 g/mol. The number of amides is 1. The first-order valence-electron chi connectivity index (χ1n) is 6.99. The van der Waals surface area contributed by atoms with Crippen molar-refractivity contribution in [1.82, 2.24) is 0 Å².